The number of hydrogen-bond donors (Lipinski definition) is 3. The number of aromatic amines is 1. The fourth-order valence-electron chi connectivity index (χ4n) is 3.11. The normalized spacial score (nSPS) is 14.7. The summed E-state index contributed by atoms with van der Waals surface area (Å²) >= 11 is 1.63. The maximum absolute atomic E-state index is 6.15. The van der Waals surface area contributed by atoms with Gasteiger partial charge in [0, 0.05) is 42.5 Å². The van der Waals surface area contributed by atoms with Crippen molar-refractivity contribution in [3.05, 3.63) is 48.4 Å². The Morgan fingerprint density at radius 1 is 1.16 bits per heavy atom. The van der Waals surface area contributed by atoms with Crippen molar-refractivity contribution in [1.82, 2.24) is 25.5 Å². The van der Waals surface area contributed by atoms with Crippen LogP contribution < -0.4 is 11.1 Å². The van der Waals surface area contributed by atoms with Gasteiger partial charge in [0.05, 0.1) is 21.5 Å². The van der Waals surface area contributed by atoms with Crippen molar-refractivity contribution in [1.29, 1.82) is 0 Å². The van der Waals surface area contributed by atoms with Crippen LogP contribution in [-0.4, -0.2) is 33.3 Å². The number of fused-ring (bicyclic) bond motifs is 1. The number of aromatic nitrogens is 4. The first-order valence-electron chi connectivity index (χ1n) is 8.16. The van der Waals surface area contributed by atoms with E-state index in [0.717, 1.165) is 50.7 Å². The number of nitrogens with one attached hydrogen (secondary N) is 2. The van der Waals surface area contributed by atoms with Crippen molar-refractivity contribution < 1.29 is 0 Å². The van der Waals surface area contributed by atoms with E-state index in [0.29, 0.717) is 11.7 Å². The zero-order chi connectivity index (χ0) is 16.8. The first-order chi connectivity index (χ1) is 12.3. The van der Waals surface area contributed by atoms with Gasteiger partial charge in [-0.1, -0.05) is 12.1 Å². The lowest BCUT2D eigenvalue weighted by Crippen LogP contribution is -2.40. The van der Waals surface area contributed by atoms with Crippen LogP contribution in [0.25, 0.3) is 31.9 Å². The third kappa shape index (κ3) is 2.40. The van der Waals surface area contributed by atoms with Crippen LogP contribution >= 0.6 is 11.3 Å². The first kappa shape index (κ1) is 14.6. The Labute approximate surface area is 148 Å². The van der Waals surface area contributed by atoms with Crippen LogP contribution in [-0.2, 0) is 0 Å². The molecule has 4 heterocycles. The summed E-state index contributed by atoms with van der Waals surface area (Å²) in [4.78, 5) is 9.13. The molecule has 3 aromatic heterocycles. The van der Waals surface area contributed by atoms with Gasteiger partial charge in [0.15, 0.2) is 0 Å². The Balaban J connectivity index is 1.62. The molecule has 124 valence electrons. The molecule has 0 unspecified atom stereocenters. The van der Waals surface area contributed by atoms with Gasteiger partial charge in [-0.15, -0.1) is 11.3 Å². The van der Waals surface area contributed by atoms with Crippen LogP contribution in [0.2, 0.25) is 0 Å². The summed E-state index contributed by atoms with van der Waals surface area (Å²) in [7, 11) is 0. The van der Waals surface area contributed by atoms with Crippen LogP contribution in [0.15, 0.2) is 42.7 Å². The van der Waals surface area contributed by atoms with Crippen molar-refractivity contribution in [2.45, 2.75) is 5.92 Å². The largest absolute Gasteiger partial charge is 0.383 e. The molecule has 1 aromatic carbocycles. The number of rotatable bonds is 3. The van der Waals surface area contributed by atoms with Crippen molar-refractivity contribution >= 4 is 27.4 Å². The molecule has 0 bridgehead atoms. The Kier molecular flexibility index (Phi) is 3.29. The van der Waals surface area contributed by atoms with Gasteiger partial charge in [-0.3, -0.25) is 5.10 Å². The molecule has 7 heteroatoms. The maximum atomic E-state index is 6.15. The summed E-state index contributed by atoms with van der Waals surface area (Å²) in [5.41, 5.74) is 11.2. The molecule has 1 fully saturated rings. The molecule has 0 radical (unpaired) electrons. The monoisotopic (exact) mass is 348 g/mol. The van der Waals surface area contributed by atoms with Gasteiger partial charge in [0.1, 0.15) is 10.8 Å². The molecule has 0 atom stereocenters. The van der Waals surface area contributed by atoms with Crippen LogP contribution in [0.4, 0.5) is 5.82 Å². The minimum Gasteiger partial charge on any atom is -0.383 e. The number of para-hydroxylation sites is 1. The molecule has 5 rings (SSSR count). The number of hydrogen-bond acceptors (Lipinski definition) is 6. The molecule has 1 aliphatic heterocycles. The Morgan fingerprint density at radius 3 is 2.84 bits per heavy atom. The lowest BCUT2D eigenvalue weighted by Gasteiger charge is -2.26. The molecule has 0 saturated carbocycles. The summed E-state index contributed by atoms with van der Waals surface area (Å²) in [6, 6.07) is 10.2. The molecule has 0 spiro atoms. The van der Waals surface area contributed by atoms with Crippen molar-refractivity contribution in [2.24, 2.45) is 0 Å². The van der Waals surface area contributed by atoms with Crippen molar-refractivity contribution in [2.75, 3.05) is 18.8 Å². The third-order valence-corrected chi connectivity index (χ3v) is 5.66. The maximum Gasteiger partial charge on any atom is 0.133 e. The highest BCUT2D eigenvalue weighted by Gasteiger charge is 2.25. The molecule has 4 N–H and O–H groups in total. The standard InChI is InChI=1S/C18H16N6S/c19-17-12(18-23-14-3-1-2-4-15(14)25-18)5-10(8-21-17)13-9-22-24-16(13)11-6-20-7-11/h1-5,8-9,11,20H,6-7H2,(H2,19,21)(H,22,24). The smallest absolute Gasteiger partial charge is 0.133 e. The van der Waals surface area contributed by atoms with E-state index in [9.17, 15) is 0 Å². The predicted molar refractivity (Wildman–Crippen MR) is 100 cm³/mol. The fraction of sp³-hybridized carbons (Fsp3) is 0.167. The third-order valence-electron chi connectivity index (χ3n) is 4.59. The van der Waals surface area contributed by atoms with E-state index in [4.69, 9.17) is 10.7 Å². The van der Waals surface area contributed by atoms with Crippen LogP contribution in [0.1, 0.15) is 11.6 Å². The molecule has 0 aliphatic carbocycles. The number of thiazole rings is 1. The summed E-state index contributed by atoms with van der Waals surface area (Å²) < 4.78 is 1.15. The minimum absolute atomic E-state index is 0.449. The highest BCUT2D eigenvalue weighted by atomic mass is 32.1. The van der Waals surface area contributed by atoms with Gasteiger partial charge < -0.3 is 11.1 Å². The van der Waals surface area contributed by atoms with Gasteiger partial charge in [0.2, 0.25) is 0 Å². The molecule has 25 heavy (non-hydrogen) atoms. The van der Waals surface area contributed by atoms with Crippen molar-refractivity contribution in [3.63, 3.8) is 0 Å². The van der Waals surface area contributed by atoms with E-state index in [2.05, 4.69) is 32.6 Å². The summed E-state index contributed by atoms with van der Waals surface area (Å²) in [6.07, 6.45) is 3.75. The van der Waals surface area contributed by atoms with Gasteiger partial charge in [-0.2, -0.15) is 5.10 Å². The Morgan fingerprint density at radius 2 is 2.04 bits per heavy atom. The van der Waals surface area contributed by atoms with E-state index < -0.39 is 0 Å². The van der Waals surface area contributed by atoms with E-state index in [-0.39, 0.29) is 0 Å². The summed E-state index contributed by atoms with van der Waals surface area (Å²) in [5, 5.41) is 11.6. The number of nitrogens with zero attached hydrogens (tertiary/aromatic N) is 3. The summed E-state index contributed by atoms with van der Waals surface area (Å²) in [5.74, 6) is 0.947. The second-order valence-corrected chi connectivity index (χ2v) is 7.21. The van der Waals surface area contributed by atoms with Crippen LogP contribution in [0.5, 0.6) is 0 Å². The topological polar surface area (TPSA) is 92.5 Å². The fourth-order valence-corrected chi connectivity index (χ4v) is 4.10. The number of anilines is 1. The molecule has 6 nitrogen and oxygen atoms in total. The first-order valence-corrected chi connectivity index (χ1v) is 8.97. The second kappa shape index (κ2) is 5.65. The van der Waals surface area contributed by atoms with Crippen LogP contribution in [0, 0.1) is 0 Å². The molecular formula is C18H16N6S. The highest BCUT2D eigenvalue weighted by Crippen LogP contribution is 2.36. The number of nitrogens with two attached hydrogens (primary N) is 1. The number of benzene rings is 1. The average Bonchev–Trinajstić information content (AvgIpc) is 3.20. The van der Waals surface area contributed by atoms with Crippen LogP contribution in [0.3, 0.4) is 0 Å². The lowest BCUT2D eigenvalue weighted by atomic mass is 9.93. The number of H-pyrrole nitrogens is 1. The highest BCUT2D eigenvalue weighted by molar-refractivity contribution is 7.21. The zero-order valence-electron chi connectivity index (χ0n) is 13.4. The molecule has 4 aromatic rings. The Hall–Kier alpha value is -2.77. The minimum atomic E-state index is 0.449. The molecule has 1 aliphatic rings. The zero-order valence-corrected chi connectivity index (χ0v) is 14.2. The number of pyridine rings is 1. The van der Waals surface area contributed by atoms with Gasteiger partial charge in [-0.25, -0.2) is 9.97 Å². The van der Waals surface area contributed by atoms with E-state index >= 15 is 0 Å². The van der Waals surface area contributed by atoms with Gasteiger partial charge in [-0.05, 0) is 18.2 Å². The van der Waals surface area contributed by atoms with E-state index in [1.54, 1.807) is 11.3 Å². The molecule has 0 amide bonds. The van der Waals surface area contributed by atoms with Crippen molar-refractivity contribution in [3.8, 4) is 21.7 Å². The van der Waals surface area contributed by atoms with E-state index in [1.165, 1.54) is 0 Å². The number of nitrogen functional groups attached to an aromatic ring is 1. The lowest BCUT2D eigenvalue weighted by molar-refractivity contribution is 0.440. The quantitative estimate of drug-likeness (QED) is 0.529. The van der Waals surface area contributed by atoms with Gasteiger partial charge >= 0.3 is 0 Å². The predicted octanol–water partition coefficient (Wildman–Crippen LogP) is 3.02. The second-order valence-electron chi connectivity index (χ2n) is 6.18. The molecular weight excluding hydrogens is 332 g/mol. The van der Waals surface area contributed by atoms with E-state index in [1.807, 2.05) is 30.6 Å². The Bertz CT molecular complexity index is 1030. The SMILES string of the molecule is Nc1ncc(-c2c[nH]nc2C2CNC2)cc1-c1nc2ccccc2s1. The molecule has 1 saturated heterocycles. The van der Waals surface area contributed by atoms with Gasteiger partial charge in [0.25, 0.3) is 0 Å². The summed E-state index contributed by atoms with van der Waals surface area (Å²) in [6.45, 7) is 1.93. The average molecular weight is 348 g/mol.